The molecule has 2 aromatic rings. The van der Waals surface area contributed by atoms with Crippen LogP contribution in [0.25, 0.3) is 0 Å². The summed E-state index contributed by atoms with van der Waals surface area (Å²) < 4.78 is 11.4. The largest absolute Gasteiger partial charge is 0.493 e. The van der Waals surface area contributed by atoms with Crippen molar-refractivity contribution in [2.45, 2.75) is 25.5 Å². The molecule has 1 heterocycles. The summed E-state index contributed by atoms with van der Waals surface area (Å²) in [4.78, 5) is 0. The average molecular weight is 283 g/mol. The van der Waals surface area contributed by atoms with E-state index in [0.717, 1.165) is 23.6 Å². The third-order valence-corrected chi connectivity index (χ3v) is 3.89. The fourth-order valence-corrected chi connectivity index (χ4v) is 2.73. The Kier molecular flexibility index (Phi) is 4.41. The average Bonchev–Trinajstić information content (AvgIpc) is 3.08. The normalized spacial score (nSPS) is 17.7. The maximum absolute atomic E-state index is 5.96. The molecule has 1 atom stereocenters. The summed E-state index contributed by atoms with van der Waals surface area (Å²) in [5.74, 6) is 1.60. The van der Waals surface area contributed by atoms with Crippen LogP contribution in [0.5, 0.6) is 11.5 Å². The number of methoxy groups -OCH3 is 1. The van der Waals surface area contributed by atoms with Gasteiger partial charge in [-0.15, -0.1) is 0 Å². The molecule has 3 nitrogen and oxygen atoms in total. The van der Waals surface area contributed by atoms with Crippen molar-refractivity contribution in [1.82, 2.24) is 5.32 Å². The van der Waals surface area contributed by atoms with Crippen molar-refractivity contribution in [3.8, 4) is 11.5 Å². The van der Waals surface area contributed by atoms with Crippen LogP contribution in [-0.4, -0.2) is 13.7 Å². The fourth-order valence-electron chi connectivity index (χ4n) is 2.73. The first-order chi connectivity index (χ1) is 10.4. The Labute approximate surface area is 125 Å². The van der Waals surface area contributed by atoms with Gasteiger partial charge in [0.05, 0.1) is 7.11 Å². The summed E-state index contributed by atoms with van der Waals surface area (Å²) in [5, 5.41) is 3.51. The zero-order chi connectivity index (χ0) is 14.5. The highest BCUT2D eigenvalue weighted by Crippen LogP contribution is 2.33. The lowest BCUT2D eigenvalue weighted by molar-refractivity contribution is 0.284. The van der Waals surface area contributed by atoms with Crippen LogP contribution in [0.15, 0.2) is 48.5 Å². The highest BCUT2D eigenvalue weighted by atomic mass is 16.5. The molecule has 3 rings (SSSR count). The van der Waals surface area contributed by atoms with E-state index < -0.39 is 0 Å². The van der Waals surface area contributed by atoms with E-state index in [-0.39, 0.29) is 0 Å². The third kappa shape index (κ3) is 3.37. The SMILES string of the molecule is COc1ccc(C2CCCN2)cc1OCc1ccccc1. The van der Waals surface area contributed by atoms with Crippen LogP contribution >= 0.6 is 0 Å². The Morgan fingerprint density at radius 2 is 1.95 bits per heavy atom. The number of nitrogens with one attached hydrogen (secondary N) is 1. The van der Waals surface area contributed by atoms with Crippen LogP contribution in [0.4, 0.5) is 0 Å². The summed E-state index contributed by atoms with van der Waals surface area (Å²) >= 11 is 0. The lowest BCUT2D eigenvalue weighted by Gasteiger charge is -2.15. The lowest BCUT2D eigenvalue weighted by Crippen LogP contribution is -2.13. The van der Waals surface area contributed by atoms with E-state index in [1.807, 2.05) is 24.3 Å². The molecule has 0 aromatic heterocycles. The zero-order valence-electron chi connectivity index (χ0n) is 12.3. The second-order valence-corrected chi connectivity index (χ2v) is 5.33. The molecular formula is C18H21NO2. The first-order valence-corrected chi connectivity index (χ1v) is 7.45. The van der Waals surface area contributed by atoms with Crippen molar-refractivity contribution in [2.24, 2.45) is 0 Å². The van der Waals surface area contributed by atoms with Gasteiger partial charge in [0, 0.05) is 6.04 Å². The molecular weight excluding hydrogens is 262 g/mol. The standard InChI is InChI=1S/C18H21NO2/c1-20-17-10-9-15(16-8-5-11-19-16)12-18(17)21-13-14-6-3-2-4-7-14/h2-4,6-7,9-10,12,16,19H,5,8,11,13H2,1H3. The number of hydrogen-bond donors (Lipinski definition) is 1. The van der Waals surface area contributed by atoms with Crippen molar-refractivity contribution in [3.05, 3.63) is 59.7 Å². The van der Waals surface area contributed by atoms with E-state index in [0.29, 0.717) is 12.6 Å². The molecule has 0 radical (unpaired) electrons. The molecule has 0 saturated carbocycles. The van der Waals surface area contributed by atoms with Gasteiger partial charge in [-0.1, -0.05) is 36.4 Å². The van der Waals surface area contributed by atoms with Gasteiger partial charge in [-0.05, 0) is 42.6 Å². The number of ether oxygens (including phenoxy) is 2. The van der Waals surface area contributed by atoms with Gasteiger partial charge in [0.25, 0.3) is 0 Å². The number of hydrogen-bond acceptors (Lipinski definition) is 3. The van der Waals surface area contributed by atoms with Gasteiger partial charge in [0.1, 0.15) is 6.61 Å². The topological polar surface area (TPSA) is 30.5 Å². The minimum atomic E-state index is 0.440. The van der Waals surface area contributed by atoms with Gasteiger partial charge in [0.15, 0.2) is 11.5 Å². The summed E-state index contributed by atoms with van der Waals surface area (Å²) in [6, 6.07) is 16.8. The second-order valence-electron chi connectivity index (χ2n) is 5.33. The molecule has 1 fully saturated rings. The number of rotatable bonds is 5. The first-order valence-electron chi connectivity index (χ1n) is 7.45. The van der Waals surface area contributed by atoms with Gasteiger partial charge in [-0.2, -0.15) is 0 Å². The quantitative estimate of drug-likeness (QED) is 0.907. The van der Waals surface area contributed by atoms with Crippen molar-refractivity contribution < 1.29 is 9.47 Å². The van der Waals surface area contributed by atoms with Crippen LogP contribution in [0.2, 0.25) is 0 Å². The molecule has 1 aliphatic heterocycles. The van der Waals surface area contributed by atoms with E-state index in [4.69, 9.17) is 9.47 Å². The van der Waals surface area contributed by atoms with Crippen molar-refractivity contribution in [3.63, 3.8) is 0 Å². The van der Waals surface area contributed by atoms with Crippen LogP contribution < -0.4 is 14.8 Å². The van der Waals surface area contributed by atoms with Gasteiger partial charge in [-0.3, -0.25) is 0 Å². The van der Waals surface area contributed by atoms with Gasteiger partial charge >= 0.3 is 0 Å². The molecule has 21 heavy (non-hydrogen) atoms. The number of benzene rings is 2. The molecule has 1 unspecified atom stereocenters. The predicted molar refractivity (Wildman–Crippen MR) is 83.7 cm³/mol. The Balaban J connectivity index is 1.76. The van der Waals surface area contributed by atoms with E-state index in [9.17, 15) is 0 Å². The van der Waals surface area contributed by atoms with E-state index in [2.05, 4.69) is 29.6 Å². The van der Waals surface area contributed by atoms with E-state index in [1.54, 1.807) is 7.11 Å². The van der Waals surface area contributed by atoms with E-state index >= 15 is 0 Å². The molecule has 2 aromatic carbocycles. The summed E-state index contributed by atoms with van der Waals surface area (Å²) in [5.41, 5.74) is 2.43. The molecule has 3 heteroatoms. The summed E-state index contributed by atoms with van der Waals surface area (Å²) in [6.07, 6.45) is 2.42. The van der Waals surface area contributed by atoms with Gasteiger partial charge in [-0.25, -0.2) is 0 Å². The maximum Gasteiger partial charge on any atom is 0.161 e. The highest BCUT2D eigenvalue weighted by molar-refractivity contribution is 5.44. The molecule has 1 aliphatic rings. The minimum Gasteiger partial charge on any atom is -0.493 e. The lowest BCUT2D eigenvalue weighted by atomic mass is 10.0. The predicted octanol–water partition coefficient (Wildman–Crippen LogP) is 3.70. The molecule has 1 N–H and O–H groups in total. The van der Waals surface area contributed by atoms with Crippen molar-refractivity contribution in [2.75, 3.05) is 13.7 Å². The smallest absolute Gasteiger partial charge is 0.161 e. The molecule has 0 bridgehead atoms. The molecule has 0 spiro atoms. The minimum absolute atomic E-state index is 0.440. The fraction of sp³-hybridized carbons (Fsp3) is 0.333. The second kappa shape index (κ2) is 6.64. The third-order valence-electron chi connectivity index (χ3n) is 3.89. The Morgan fingerprint density at radius 1 is 1.10 bits per heavy atom. The summed E-state index contributed by atoms with van der Waals surface area (Å²) in [7, 11) is 1.68. The Hall–Kier alpha value is -2.00. The van der Waals surface area contributed by atoms with Crippen molar-refractivity contribution in [1.29, 1.82) is 0 Å². The molecule has 0 amide bonds. The van der Waals surface area contributed by atoms with Crippen LogP contribution in [0, 0.1) is 0 Å². The Morgan fingerprint density at radius 3 is 2.67 bits per heavy atom. The molecule has 0 aliphatic carbocycles. The van der Waals surface area contributed by atoms with Crippen molar-refractivity contribution >= 4 is 0 Å². The van der Waals surface area contributed by atoms with E-state index in [1.165, 1.54) is 18.4 Å². The monoisotopic (exact) mass is 283 g/mol. The summed E-state index contributed by atoms with van der Waals surface area (Å²) in [6.45, 7) is 1.65. The highest BCUT2D eigenvalue weighted by Gasteiger charge is 2.18. The van der Waals surface area contributed by atoms with Crippen LogP contribution in [0.3, 0.4) is 0 Å². The Bertz CT molecular complexity index is 577. The van der Waals surface area contributed by atoms with Gasteiger partial charge < -0.3 is 14.8 Å². The maximum atomic E-state index is 5.96. The van der Waals surface area contributed by atoms with Crippen LogP contribution in [0.1, 0.15) is 30.0 Å². The van der Waals surface area contributed by atoms with Crippen LogP contribution in [-0.2, 0) is 6.61 Å². The molecule has 110 valence electrons. The zero-order valence-corrected chi connectivity index (χ0v) is 12.3. The molecule has 1 saturated heterocycles. The van der Waals surface area contributed by atoms with Gasteiger partial charge in [0.2, 0.25) is 0 Å². The first kappa shape index (κ1) is 14.0.